The topological polar surface area (TPSA) is 52.6 Å². The van der Waals surface area contributed by atoms with Crippen LogP contribution in [0.25, 0.3) is 0 Å². The van der Waals surface area contributed by atoms with Gasteiger partial charge in [0.05, 0.1) is 11.1 Å². The van der Waals surface area contributed by atoms with Crippen LogP contribution in [0, 0.1) is 0 Å². The van der Waals surface area contributed by atoms with E-state index in [1.807, 2.05) is 0 Å². The van der Waals surface area contributed by atoms with Crippen molar-refractivity contribution in [1.82, 2.24) is 0 Å². The van der Waals surface area contributed by atoms with Crippen molar-refractivity contribution < 1.29 is 28.5 Å². The van der Waals surface area contributed by atoms with Crippen molar-refractivity contribution in [3.8, 4) is 0 Å². The van der Waals surface area contributed by atoms with E-state index in [2.05, 4.69) is 9.88 Å². The minimum Gasteiger partial charge on any atom is -0.249 e. The van der Waals surface area contributed by atoms with Crippen LogP contribution in [-0.4, -0.2) is 11.9 Å². The fourth-order valence-electron chi connectivity index (χ4n) is 0.922. The first-order valence-corrected chi connectivity index (χ1v) is 3.45. The number of hydrogen-bond acceptors (Lipinski definition) is 4. The highest BCUT2D eigenvalue weighted by Gasteiger charge is 2.19. The number of rotatable bonds is 2. The zero-order chi connectivity index (χ0) is 10.6. The molecule has 14 heavy (non-hydrogen) atoms. The predicted octanol–water partition coefficient (Wildman–Crippen LogP) is 1.77. The van der Waals surface area contributed by atoms with E-state index < -0.39 is 23.1 Å². The van der Waals surface area contributed by atoms with E-state index in [1.165, 1.54) is 12.1 Å². The largest absolute Gasteiger partial charge is 0.380 e. The standard InChI is InChI=1S/C8H4F2O4/c9-13-7(11)5-3-1-2-4-6(5)8(12)14-10/h1-4H. The van der Waals surface area contributed by atoms with Gasteiger partial charge in [-0.25, -0.2) is 19.5 Å². The van der Waals surface area contributed by atoms with Gasteiger partial charge in [-0.2, -0.15) is 0 Å². The fraction of sp³-hybridized carbons (Fsp3) is 0. The first-order chi connectivity index (χ1) is 6.70. The van der Waals surface area contributed by atoms with E-state index in [-0.39, 0.29) is 0 Å². The van der Waals surface area contributed by atoms with Crippen molar-refractivity contribution >= 4 is 11.9 Å². The Hall–Kier alpha value is -1.98. The van der Waals surface area contributed by atoms with Gasteiger partial charge in [0.15, 0.2) is 0 Å². The van der Waals surface area contributed by atoms with Gasteiger partial charge in [-0.05, 0) is 12.1 Å². The van der Waals surface area contributed by atoms with Crippen molar-refractivity contribution in [3.05, 3.63) is 35.4 Å². The Morgan fingerprint density at radius 3 is 1.57 bits per heavy atom. The predicted molar refractivity (Wildman–Crippen MR) is 39.5 cm³/mol. The first kappa shape index (κ1) is 10.1. The van der Waals surface area contributed by atoms with Gasteiger partial charge in [0.1, 0.15) is 0 Å². The lowest BCUT2D eigenvalue weighted by molar-refractivity contribution is -0.0822. The minimum absolute atomic E-state index is 0.405. The van der Waals surface area contributed by atoms with Gasteiger partial charge in [-0.3, -0.25) is 0 Å². The number of benzene rings is 1. The molecule has 0 fully saturated rings. The molecule has 1 aromatic rings. The average Bonchev–Trinajstić information content (AvgIpc) is 2.27. The van der Waals surface area contributed by atoms with Gasteiger partial charge in [-0.1, -0.05) is 12.1 Å². The quantitative estimate of drug-likeness (QED) is 0.733. The van der Waals surface area contributed by atoms with E-state index in [9.17, 15) is 18.6 Å². The van der Waals surface area contributed by atoms with Crippen LogP contribution in [0.3, 0.4) is 0 Å². The lowest BCUT2D eigenvalue weighted by atomic mass is 10.1. The van der Waals surface area contributed by atoms with E-state index >= 15 is 0 Å². The minimum atomic E-state index is -1.38. The second-order valence-corrected chi connectivity index (χ2v) is 2.27. The molecule has 0 N–H and O–H groups in total. The number of carbonyl (C=O) groups excluding carboxylic acids is 2. The molecule has 4 nitrogen and oxygen atoms in total. The highest BCUT2D eigenvalue weighted by Crippen LogP contribution is 2.12. The van der Waals surface area contributed by atoms with Crippen molar-refractivity contribution in [1.29, 1.82) is 0 Å². The number of halogens is 2. The molecule has 74 valence electrons. The summed E-state index contributed by atoms with van der Waals surface area (Å²) in [6.45, 7) is 0. The monoisotopic (exact) mass is 202 g/mol. The van der Waals surface area contributed by atoms with Crippen molar-refractivity contribution in [2.75, 3.05) is 0 Å². The van der Waals surface area contributed by atoms with E-state index in [4.69, 9.17) is 0 Å². The molecule has 0 radical (unpaired) electrons. The smallest absolute Gasteiger partial charge is 0.249 e. The molecule has 0 spiro atoms. The summed E-state index contributed by atoms with van der Waals surface area (Å²) in [5, 5.41) is 0. The lowest BCUT2D eigenvalue weighted by Gasteiger charge is -2.00. The molecule has 0 saturated heterocycles. The van der Waals surface area contributed by atoms with E-state index in [0.29, 0.717) is 0 Å². The highest BCUT2D eigenvalue weighted by molar-refractivity contribution is 6.02. The maximum atomic E-state index is 11.5. The van der Waals surface area contributed by atoms with E-state index in [1.54, 1.807) is 0 Å². The van der Waals surface area contributed by atoms with Crippen LogP contribution in [0.15, 0.2) is 24.3 Å². The first-order valence-electron chi connectivity index (χ1n) is 3.45. The Kier molecular flexibility index (Phi) is 3.11. The molecule has 0 atom stereocenters. The Morgan fingerprint density at radius 1 is 0.929 bits per heavy atom. The van der Waals surface area contributed by atoms with Gasteiger partial charge in [0.2, 0.25) is 0 Å². The van der Waals surface area contributed by atoms with Crippen LogP contribution in [-0.2, 0) is 9.88 Å². The van der Waals surface area contributed by atoms with Crippen LogP contribution >= 0.6 is 0 Å². The third-order valence-electron chi connectivity index (χ3n) is 1.51. The maximum absolute atomic E-state index is 11.5. The SMILES string of the molecule is O=C(OF)c1ccccc1C(=O)OF. The van der Waals surface area contributed by atoms with Crippen molar-refractivity contribution in [2.24, 2.45) is 0 Å². The average molecular weight is 202 g/mol. The molecule has 6 heteroatoms. The Balaban J connectivity index is 3.15. The molecule has 0 heterocycles. The zero-order valence-electron chi connectivity index (χ0n) is 6.70. The zero-order valence-corrected chi connectivity index (χ0v) is 6.70. The van der Waals surface area contributed by atoms with Gasteiger partial charge in [0.25, 0.3) is 0 Å². The lowest BCUT2D eigenvalue weighted by Crippen LogP contribution is -2.09. The summed E-state index contributed by atoms with van der Waals surface area (Å²) >= 11 is 0. The molecule has 0 aliphatic carbocycles. The summed E-state index contributed by atoms with van der Waals surface area (Å²) in [6, 6.07) is 4.94. The Morgan fingerprint density at radius 2 is 1.29 bits per heavy atom. The van der Waals surface area contributed by atoms with Crippen LogP contribution in [0.2, 0.25) is 0 Å². The number of hydrogen-bond donors (Lipinski definition) is 0. The Labute approximate surface area is 76.8 Å². The van der Waals surface area contributed by atoms with Crippen LogP contribution in [0.1, 0.15) is 20.7 Å². The van der Waals surface area contributed by atoms with Gasteiger partial charge in [-0.15, -0.1) is 0 Å². The summed E-state index contributed by atoms with van der Waals surface area (Å²) in [7, 11) is 0. The third kappa shape index (κ3) is 1.85. The van der Waals surface area contributed by atoms with Gasteiger partial charge >= 0.3 is 11.9 Å². The van der Waals surface area contributed by atoms with Crippen LogP contribution < -0.4 is 0 Å². The third-order valence-corrected chi connectivity index (χ3v) is 1.51. The van der Waals surface area contributed by atoms with Crippen LogP contribution in [0.5, 0.6) is 0 Å². The molecular formula is C8H4F2O4. The summed E-state index contributed by atoms with van der Waals surface area (Å²) in [5.74, 6) is -2.77. The van der Waals surface area contributed by atoms with Gasteiger partial charge < -0.3 is 0 Å². The molecule has 0 unspecified atom stereocenters. The second kappa shape index (κ2) is 4.31. The van der Waals surface area contributed by atoms with Gasteiger partial charge in [0, 0.05) is 9.05 Å². The molecule has 0 bridgehead atoms. The molecule has 0 amide bonds. The van der Waals surface area contributed by atoms with Crippen LogP contribution in [0.4, 0.5) is 9.05 Å². The summed E-state index contributed by atoms with van der Waals surface area (Å²) in [4.78, 5) is 27.3. The maximum Gasteiger partial charge on any atom is 0.380 e. The molecular weight excluding hydrogens is 198 g/mol. The molecule has 0 aromatic heterocycles. The van der Waals surface area contributed by atoms with E-state index in [0.717, 1.165) is 12.1 Å². The normalized spacial score (nSPS) is 9.29. The second-order valence-electron chi connectivity index (χ2n) is 2.27. The Bertz CT molecular complexity index is 329. The summed E-state index contributed by atoms with van der Waals surface area (Å²) in [6.07, 6.45) is 0. The molecule has 1 aromatic carbocycles. The van der Waals surface area contributed by atoms with Crippen molar-refractivity contribution in [3.63, 3.8) is 0 Å². The highest BCUT2D eigenvalue weighted by atomic mass is 19.3. The number of carbonyl (C=O) groups is 2. The molecule has 0 aliphatic heterocycles. The molecule has 1 rings (SSSR count). The summed E-state index contributed by atoms with van der Waals surface area (Å²) < 4.78 is 23.0. The fourth-order valence-corrected chi connectivity index (χ4v) is 0.922. The molecule has 0 aliphatic rings. The molecule has 0 saturated carbocycles. The van der Waals surface area contributed by atoms with Crippen molar-refractivity contribution in [2.45, 2.75) is 0 Å². The summed E-state index contributed by atoms with van der Waals surface area (Å²) in [5.41, 5.74) is -0.810.